The smallest absolute Gasteiger partial charge is 0.0561 e. The Labute approximate surface area is 271 Å². The molecule has 7 aromatic carbocycles. The molecule has 0 bridgehead atoms. The molecule has 0 unspecified atom stereocenters. The molecule has 47 heavy (non-hydrogen) atoms. The van der Waals surface area contributed by atoms with Crippen LogP contribution in [0.4, 0.5) is 0 Å². The molecule has 0 atom stereocenters. The highest BCUT2D eigenvalue weighted by Gasteiger charge is 2.20. The molecule has 0 amide bonds. The third kappa shape index (κ3) is 3.68. The predicted octanol–water partition coefficient (Wildman–Crippen LogP) is 11.6. The maximum Gasteiger partial charge on any atom is 0.0561 e. The third-order valence-corrected chi connectivity index (χ3v) is 9.78. The zero-order valence-electron chi connectivity index (χ0n) is 25.6. The van der Waals surface area contributed by atoms with Gasteiger partial charge in [0.1, 0.15) is 0 Å². The zero-order valence-corrected chi connectivity index (χ0v) is 25.6. The second-order valence-electron chi connectivity index (χ2n) is 12.3. The SMILES string of the molecule is C=Cc1ccc(-n2c3cc(-n4c5ccccc5c5ccccc54)ccc3c3cc4c(cc32)c2ccccc2n4-c2ccccc2)cc1. The van der Waals surface area contributed by atoms with Crippen LogP contribution in [0.3, 0.4) is 0 Å². The summed E-state index contributed by atoms with van der Waals surface area (Å²) >= 11 is 0. The number of aromatic nitrogens is 3. The van der Waals surface area contributed by atoms with Crippen LogP contribution in [-0.4, -0.2) is 13.7 Å². The summed E-state index contributed by atoms with van der Waals surface area (Å²) in [6.07, 6.45) is 1.90. The molecule has 3 heteroatoms. The Hall–Kier alpha value is -6.32. The van der Waals surface area contributed by atoms with Gasteiger partial charge >= 0.3 is 0 Å². The Morgan fingerprint density at radius 1 is 0.319 bits per heavy atom. The molecule has 0 spiro atoms. The summed E-state index contributed by atoms with van der Waals surface area (Å²) in [6.45, 7) is 3.99. The topological polar surface area (TPSA) is 14.8 Å². The fourth-order valence-corrected chi connectivity index (χ4v) is 7.70. The predicted molar refractivity (Wildman–Crippen MR) is 200 cm³/mol. The van der Waals surface area contributed by atoms with E-state index in [4.69, 9.17) is 0 Å². The van der Waals surface area contributed by atoms with Gasteiger partial charge in [-0.15, -0.1) is 0 Å². The van der Waals surface area contributed by atoms with Crippen molar-refractivity contribution in [3.8, 4) is 17.1 Å². The van der Waals surface area contributed by atoms with Gasteiger partial charge in [0.05, 0.1) is 33.1 Å². The first-order chi connectivity index (χ1) is 23.3. The number of benzene rings is 7. The molecule has 3 nitrogen and oxygen atoms in total. The molecule has 10 rings (SSSR count). The van der Waals surface area contributed by atoms with E-state index in [0.717, 1.165) is 22.6 Å². The second-order valence-corrected chi connectivity index (χ2v) is 12.3. The van der Waals surface area contributed by atoms with Gasteiger partial charge in [-0.2, -0.15) is 0 Å². The van der Waals surface area contributed by atoms with Crippen LogP contribution < -0.4 is 0 Å². The van der Waals surface area contributed by atoms with Crippen LogP contribution in [0.25, 0.3) is 88.6 Å². The van der Waals surface area contributed by atoms with Crippen LogP contribution in [-0.2, 0) is 0 Å². The fraction of sp³-hybridized carbons (Fsp3) is 0. The van der Waals surface area contributed by atoms with E-state index in [2.05, 4.69) is 178 Å². The first kappa shape index (κ1) is 26.0. The summed E-state index contributed by atoms with van der Waals surface area (Å²) < 4.78 is 7.24. The molecule has 0 aliphatic rings. The lowest BCUT2D eigenvalue weighted by Crippen LogP contribution is -1.97. The largest absolute Gasteiger partial charge is 0.309 e. The van der Waals surface area contributed by atoms with Crippen molar-refractivity contribution < 1.29 is 0 Å². The minimum Gasteiger partial charge on any atom is -0.309 e. The maximum absolute atomic E-state index is 3.99. The fourth-order valence-electron chi connectivity index (χ4n) is 7.70. The summed E-state index contributed by atoms with van der Waals surface area (Å²) in [7, 11) is 0. The van der Waals surface area contributed by atoms with E-state index in [-0.39, 0.29) is 0 Å². The molecule has 0 fully saturated rings. The highest BCUT2D eigenvalue weighted by molar-refractivity contribution is 6.19. The van der Waals surface area contributed by atoms with E-state index in [1.165, 1.54) is 65.4 Å². The van der Waals surface area contributed by atoms with Gasteiger partial charge in [-0.1, -0.05) is 104 Å². The van der Waals surface area contributed by atoms with Gasteiger partial charge in [-0.05, 0) is 72.3 Å². The number of fused-ring (bicyclic) bond motifs is 9. The van der Waals surface area contributed by atoms with E-state index in [1.807, 2.05) is 6.08 Å². The number of nitrogens with zero attached hydrogens (tertiary/aromatic N) is 3. The van der Waals surface area contributed by atoms with Gasteiger partial charge in [0, 0.05) is 49.4 Å². The molecule has 220 valence electrons. The van der Waals surface area contributed by atoms with E-state index in [0.29, 0.717) is 0 Å². The van der Waals surface area contributed by atoms with Crippen LogP contribution in [0.2, 0.25) is 0 Å². The monoisotopic (exact) mass is 599 g/mol. The van der Waals surface area contributed by atoms with Crippen LogP contribution in [0, 0.1) is 0 Å². The Morgan fingerprint density at radius 3 is 1.30 bits per heavy atom. The number of rotatable bonds is 4. The van der Waals surface area contributed by atoms with Crippen molar-refractivity contribution in [1.29, 1.82) is 0 Å². The Balaban J connectivity index is 1.34. The average molecular weight is 600 g/mol. The minimum atomic E-state index is 1.11. The molecule has 0 aliphatic heterocycles. The lowest BCUT2D eigenvalue weighted by atomic mass is 10.1. The van der Waals surface area contributed by atoms with Gasteiger partial charge in [0.25, 0.3) is 0 Å². The van der Waals surface area contributed by atoms with E-state index in [1.54, 1.807) is 0 Å². The second kappa shape index (κ2) is 9.84. The molecular weight excluding hydrogens is 571 g/mol. The summed E-state index contributed by atoms with van der Waals surface area (Å²) in [5.74, 6) is 0. The normalized spacial score (nSPS) is 11.9. The average Bonchev–Trinajstić information content (AvgIpc) is 3.76. The minimum absolute atomic E-state index is 1.11. The molecule has 0 saturated heterocycles. The van der Waals surface area contributed by atoms with Crippen LogP contribution >= 0.6 is 0 Å². The molecule has 0 aliphatic carbocycles. The molecular formula is C44H29N3. The highest BCUT2D eigenvalue weighted by Crippen LogP contribution is 2.41. The van der Waals surface area contributed by atoms with Gasteiger partial charge in [-0.25, -0.2) is 0 Å². The Kier molecular flexibility index (Phi) is 5.43. The van der Waals surface area contributed by atoms with Gasteiger partial charge in [0.15, 0.2) is 0 Å². The summed E-state index contributed by atoms with van der Waals surface area (Å²) in [6, 6.07) is 57.3. The van der Waals surface area contributed by atoms with E-state index in [9.17, 15) is 0 Å². The van der Waals surface area contributed by atoms with Crippen LogP contribution in [0.5, 0.6) is 0 Å². The van der Waals surface area contributed by atoms with E-state index >= 15 is 0 Å². The zero-order chi connectivity index (χ0) is 31.1. The first-order valence-corrected chi connectivity index (χ1v) is 16.1. The van der Waals surface area contributed by atoms with Crippen molar-refractivity contribution in [3.05, 3.63) is 170 Å². The highest BCUT2D eigenvalue weighted by atomic mass is 15.0. The van der Waals surface area contributed by atoms with Crippen molar-refractivity contribution in [3.63, 3.8) is 0 Å². The summed E-state index contributed by atoms with van der Waals surface area (Å²) in [4.78, 5) is 0. The van der Waals surface area contributed by atoms with Crippen molar-refractivity contribution in [2.24, 2.45) is 0 Å². The standard InChI is InChI=1S/C44H29N3/c1-2-29-20-22-31(23-21-29)46-42-26-32(47-39-17-9-6-14-33(39)34-15-7-10-18-40(34)47)24-25-36(42)38-28-43-37(27-44(38)46)35-16-8-11-19-41(35)45(43)30-12-4-3-5-13-30/h2-28H,1H2. The lowest BCUT2D eigenvalue weighted by Gasteiger charge is -2.11. The van der Waals surface area contributed by atoms with Crippen LogP contribution in [0.1, 0.15) is 5.56 Å². The van der Waals surface area contributed by atoms with Crippen LogP contribution in [0.15, 0.2) is 164 Å². The third-order valence-electron chi connectivity index (χ3n) is 9.78. The summed E-state index contributed by atoms with van der Waals surface area (Å²) in [5.41, 5.74) is 11.7. The van der Waals surface area contributed by atoms with Crippen molar-refractivity contribution in [2.75, 3.05) is 0 Å². The van der Waals surface area contributed by atoms with E-state index < -0.39 is 0 Å². The van der Waals surface area contributed by atoms with Crippen molar-refractivity contribution in [1.82, 2.24) is 13.7 Å². The molecule has 0 N–H and O–H groups in total. The van der Waals surface area contributed by atoms with Crippen molar-refractivity contribution >= 4 is 71.5 Å². The molecule has 0 saturated carbocycles. The van der Waals surface area contributed by atoms with Gasteiger partial charge in [-0.3, -0.25) is 0 Å². The Bertz CT molecular complexity index is 2790. The van der Waals surface area contributed by atoms with Gasteiger partial charge in [0.2, 0.25) is 0 Å². The van der Waals surface area contributed by atoms with Crippen molar-refractivity contribution in [2.45, 2.75) is 0 Å². The molecule has 3 heterocycles. The molecule has 10 aromatic rings. The number of hydrogen-bond donors (Lipinski definition) is 0. The first-order valence-electron chi connectivity index (χ1n) is 16.1. The molecule has 0 radical (unpaired) electrons. The summed E-state index contributed by atoms with van der Waals surface area (Å²) in [5, 5.41) is 7.47. The lowest BCUT2D eigenvalue weighted by molar-refractivity contribution is 1.15. The number of hydrogen-bond acceptors (Lipinski definition) is 0. The number of para-hydroxylation sites is 4. The maximum atomic E-state index is 3.99. The Morgan fingerprint density at radius 2 is 0.723 bits per heavy atom. The van der Waals surface area contributed by atoms with Gasteiger partial charge < -0.3 is 13.7 Å². The molecule has 3 aromatic heterocycles. The quantitative estimate of drug-likeness (QED) is 0.191.